The van der Waals surface area contributed by atoms with E-state index in [9.17, 15) is 19.2 Å². The van der Waals surface area contributed by atoms with Crippen LogP contribution in [0.15, 0.2) is 68.2 Å². The van der Waals surface area contributed by atoms with E-state index < -0.39 is 35.6 Å². The van der Waals surface area contributed by atoms with Crippen LogP contribution in [0.3, 0.4) is 0 Å². The van der Waals surface area contributed by atoms with Crippen LogP contribution in [0, 0.1) is 0 Å². The predicted molar refractivity (Wildman–Crippen MR) is 128 cm³/mol. The van der Waals surface area contributed by atoms with Gasteiger partial charge in [-0.25, -0.2) is 19.2 Å². The number of carbonyl (C=O) groups excluding carboxylic acids is 3. The van der Waals surface area contributed by atoms with E-state index in [2.05, 4.69) is 0 Å². The van der Waals surface area contributed by atoms with Gasteiger partial charge in [-0.05, 0) is 42.5 Å². The molecule has 3 heterocycles. The maximum atomic E-state index is 13.0. The Morgan fingerprint density at radius 1 is 0.811 bits per heavy atom. The Balaban J connectivity index is 1.65. The van der Waals surface area contributed by atoms with Gasteiger partial charge in [0.15, 0.2) is 0 Å². The van der Waals surface area contributed by atoms with Gasteiger partial charge in [0.25, 0.3) is 0 Å². The van der Waals surface area contributed by atoms with E-state index in [-0.39, 0.29) is 34.0 Å². The molecule has 2 aromatic heterocycles. The second-order valence-electron chi connectivity index (χ2n) is 8.15. The summed E-state index contributed by atoms with van der Waals surface area (Å²) in [6.45, 7) is 0. The van der Waals surface area contributed by atoms with E-state index in [1.54, 1.807) is 36.4 Å². The third-order valence-corrected chi connectivity index (χ3v) is 6.08. The molecule has 0 aliphatic carbocycles. The number of esters is 3. The predicted octanol–water partition coefficient (Wildman–Crippen LogP) is 3.69. The first-order valence-electron chi connectivity index (χ1n) is 11.1. The fraction of sp³-hybridized carbons (Fsp3) is 0.185. The Morgan fingerprint density at radius 2 is 1.49 bits per heavy atom. The summed E-state index contributed by atoms with van der Waals surface area (Å²) in [5.41, 5.74) is 0.330. The van der Waals surface area contributed by atoms with Gasteiger partial charge in [0, 0.05) is 5.56 Å². The molecular formula is C27H20O10. The summed E-state index contributed by atoms with van der Waals surface area (Å²) < 4.78 is 32.0. The molecule has 0 radical (unpaired) electrons. The zero-order valence-electron chi connectivity index (χ0n) is 19.9. The SMILES string of the molecule is COC(=O)c1cc(C(=O)OC)cc(-c2ccc([C@H]3c4c(c5ccccc5oc4=O)O[C@H]3C(=O)OC)o2)c1. The highest BCUT2D eigenvalue weighted by Crippen LogP contribution is 2.45. The Hall–Kier alpha value is -4.86. The van der Waals surface area contributed by atoms with Crippen molar-refractivity contribution in [3.63, 3.8) is 0 Å². The first kappa shape index (κ1) is 23.9. The van der Waals surface area contributed by atoms with Crippen LogP contribution in [0.4, 0.5) is 0 Å². The number of furan rings is 1. The lowest BCUT2D eigenvalue weighted by Crippen LogP contribution is -2.31. The maximum absolute atomic E-state index is 13.0. The first-order valence-corrected chi connectivity index (χ1v) is 11.1. The maximum Gasteiger partial charge on any atom is 0.348 e. The molecule has 0 unspecified atom stereocenters. The van der Waals surface area contributed by atoms with Crippen LogP contribution >= 0.6 is 0 Å². The van der Waals surface area contributed by atoms with Crippen molar-refractivity contribution in [1.82, 2.24) is 0 Å². The van der Waals surface area contributed by atoms with Gasteiger partial charge in [-0.15, -0.1) is 0 Å². The van der Waals surface area contributed by atoms with E-state index in [0.717, 1.165) is 0 Å². The van der Waals surface area contributed by atoms with Crippen LogP contribution in [0.1, 0.15) is 38.0 Å². The summed E-state index contributed by atoms with van der Waals surface area (Å²) in [4.78, 5) is 50.1. The van der Waals surface area contributed by atoms with Crippen LogP contribution in [-0.4, -0.2) is 45.3 Å². The standard InChI is InChI=1S/C27H20O10/c1-32-24(28)14-10-13(11-15(12-14)25(29)33-2)17-8-9-19(35-17)20-21-22(37-23(20)27(31)34-3)16-6-4-5-7-18(16)36-26(21)30/h4-12,20,23H,1-3H3/t20-,23+/m0/s1. The van der Waals surface area contributed by atoms with Crippen molar-refractivity contribution < 1.29 is 42.2 Å². The molecule has 0 spiro atoms. The fourth-order valence-electron chi connectivity index (χ4n) is 4.39. The molecule has 2 atom stereocenters. The minimum Gasteiger partial charge on any atom is -0.476 e. The Labute approximate surface area is 209 Å². The largest absolute Gasteiger partial charge is 0.476 e. The normalized spacial score (nSPS) is 16.1. The molecule has 0 saturated heterocycles. The number of ether oxygens (including phenoxy) is 4. The second kappa shape index (κ2) is 9.30. The Bertz CT molecular complexity index is 1570. The Morgan fingerprint density at radius 3 is 2.14 bits per heavy atom. The van der Waals surface area contributed by atoms with Crippen molar-refractivity contribution in [2.24, 2.45) is 0 Å². The minimum absolute atomic E-state index is 0.104. The van der Waals surface area contributed by atoms with Gasteiger partial charge in [0.1, 0.15) is 28.8 Å². The lowest BCUT2D eigenvalue weighted by Gasteiger charge is -2.14. The van der Waals surface area contributed by atoms with Crippen molar-refractivity contribution in [2.75, 3.05) is 21.3 Å². The second-order valence-corrected chi connectivity index (χ2v) is 8.15. The monoisotopic (exact) mass is 504 g/mol. The minimum atomic E-state index is -1.21. The number of hydrogen-bond donors (Lipinski definition) is 0. The molecule has 0 amide bonds. The molecule has 1 aliphatic rings. The van der Waals surface area contributed by atoms with Gasteiger partial charge in [-0.2, -0.15) is 0 Å². The smallest absolute Gasteiger partial charge is 0.348 e. The van der Waals surface area contributed by atoms with E-state index in [1.807, 2.05) is 0 Å². The molecular weight excluding hydrogens is 484 g/mol. The van der Waals surface area contributed by atoms with Crippen LogP contribution in [0.5, 0.6) is 5.75 Å². The van der Waals surface area contributed by atoms with Gasteiger partial charge < -0.3 is 27.8 Å². The average Bonchev–Trinajstić information content (AvgIpc) is 3.57. The average molecular weight is 504 g/mol. The molecule has 0 bridgehead atoms. The lowest BCUT2D eigenvalue weighted by atomic mass is 9.93. The summed E-state index contributed by atoms with van der Waals surface area (Å²) in [5.74, 6) is -2.31. The summed E-state index contributed by atoms with van der Waals surface area (Å²) in [7, 11) is 3.65. The number of fused-ring (bicyclic) bond motifs is 3. The zero-order valence-corrected chi connectivity index (χ0v) is 19.9. The van der Waals surface area contributed by atoms with E-state index in [1.165, 1.54) is 39.5 Å². The highest BCUT2D eigenvalue weighted by molar-refractivity contribution is 5.97. The third kappa shape index (κ3) is 4.02. The van der Waals surface area contributed by atoms with Crippen molar-refractivity contribution in [2.45, 2.75) is 12.0 Å². The zero-order chi connectivity index (χ0) is 26.3. The highest BCUT2D eigenvalue weighted by atomic mass is 16.6. The topological polar surface area (TPSA) is 131 Å². The molecule has 10 heteroatoms. The molecule has 4 aromatic rings. The number of methoxy groups -OCH3 is 3. The first-order chi connectivity index (χ1) is 17.9. The number of hydrogen-bond acceptors (Lipinski definition) is 10. The van der Waals surface area contributed by atoms with Gasteiger partial charge in [0.2, 0.25) is 6.10 Å². The molecule has 0 N–H and O–H groups in total. The molecule has 5 rings (SSSR count). The number of carbonyl (C=O) groups is 3. The van der Waals surface area contributed by atoms with Crippen molar-refractivity contribution >= 4 is 28.9 Å². The van der Waals surface area contributed by atoms with Crippen LogP contribution < -0.4 is 10.4 Å². The van der Waals surface area contributed by atoms with Gasteiger partial charge in [-0.1, -0.05) is 12.1 Å². The molecule has 10 nitrogen and oxygen atoms in total. The van der Waals surface area contributed by atoms with Crippen molar-refractivity contribution in [3.05, 3.63) is 87.5 Å². The molecule has 37 heavy (non-hydrogen) atoms. The van der Waals surface area contributed by atoms with Crippen molar-refractivity contribution in [3.8, 4) is 17.1 Å². The summed E-state index contributed by atoms with van der Waals surface area (Å²) >= 11 is 0. The number of benzene rings is 2. The fourth-order valence-corrected chi connectivity index (χ4v) is 4.39. The number of rotatable bonds is 5. The molecule has 188 valence electrons. The summed E-state index contributed by atoms with van der Waals surface area (Å²) in [5, 5.41) is 0.522. The van der Waals surface area contributed by atoms with E-state index in [4.69, 9.17) is 27.8 Å². The highest BCUT2D eigenvalue weighted by Gasteiger charge is 2.46. The van der Waals surface area contributed by atoms with Crippen LogP contribution in [0.25, 0.3) is 22.3 Å². The summed E-state index contributed by atoms with van der Waals surface area (Å²) in [6, 6.07) is 14.3. The van der Waals surface area contributed by atoms with Crippen LogP contribution in [-0.2, 0) is 19.0 Å². The van der Waals surface area contributed by atoms with Gasteiger partial charge >= 0.3 is 23.5 Å². The third-order valence-electron chi connectivity index (χ3n) is 6.08. The van der Waals surface area contributed by atoms with Crippen LogP contribution in [0.2, 0.25) is 0 Å². The molecule has 0 fully saturated rings. The Kier molecular flexibility index (Phi) is 6.00. The molecule has 0 saturated carbocycles. The molecule has 2 aromatic carbocycles. The summed E-state index contributed by atoms with van der Waals surface area (Å²) in [6.07, 6.45) is -1.21. The van der Waals surface area contributed by atoms with Gasteiger partial charge in [0.05, 0.1) is 43.4 Å². The van der Waals surface area contributed by atoms with Gasteiger partial charge in [-0.3, -0.25) is 0 Å². The molecule has 1 aliphatic heterocycles. The quantitative estimate of drug-likeness (QED) is 0.225. The lowest BCUT2D eigenvalue weighted by molar-refractivity contribution is -0.148. The van der Waals surface area contributed by atoms with Crippen molar-refractivity contribution in [1.29, 1.82) is 0 Å². The van der Waals surface area contributed by atoms with E-state index >= 15 is 0 Å². The van der Waals surface area contributed by atoms with E-state index in [0.29, 0.717) is 16.5 Å². The number of para-hydroxylation sites is 1.